The van der Waals surface area contributed by atoms with Gasteiger partial charge in [0, 0.05) is 12.0 Å². The van der Waals surface area contributed by atoms with Crippen molar-refractivity contribution in [2.75, 3.05) is 13.1 Å². The summed E-state index contributed by atoms with van der Waals surface area (Å²) < 4.78 is 0. The Labute approximate surface area is 120 Å². The lowest BCUT2D eigenvalue weighted by Gasteiger charge is -2.55. The fraction of sp³-hybridized carbons (Fsp3) is 0.889. The lowest BCUT2D eigenvalue weighted by molar-refractivity contribution is 0.0113. The van der Waals surface area contributed by atoms with E-state index in [0.717, 1.165) is 5.92 Å². The molecular formula is C18H33N. The molecule has 0 saturated heterocycles. The molecule has 110 valence electrons. The molecule has 1 saturated carbocycles. The second kappa shape index (κ2) is 5.99. The van der Waals surface area contributed by atoms with Gasteiger partial charge in [-0.2, -0.15) is 0 Å². The average Bonchev–Trinajstić information content (AvgIpc) is 2.32. The van der Waals surface area contributed by atoms with Crippen molar-refractivity contribution in [3.8, 4) is 0 Å². The Bertz CT molecular complexity index is 315. The second-order valence-corrected chi connectivity index (χ2v) is 7.90. The zero-order valence-corrected chi connectivity index (χ0v) is 13.5. The van der Waals surface area contributed by atoms with Crippen LogP contribution in [0.3, 0.4) is 0 Å². The summed E-state index contributed by atoms with van der Waals surface area (Å²) in [5.41, 5.74) is 2.81. The van der Waals surface area contributed by atoms with Gasteiger partial charge < -0.3 is 5.32 Å². The topological polar surface area (TPSA) is 12.0 Å². The molecular weight excluding hydrogens is 230 g/mol. The summed E-state index contributed by atoms with van der Waals surface area (Å²) in [6.45, 7) is 11.9. The van der Waals surface area contributed by atoms with E-state index >= 15 is 0 Å². The first-order valence-electron chi connectivity index (χ1n) is 8.38. The monoisotopic (exact) mass is 263 g/mol. The van der Waals surface area contributed by atoms with Crippen molar-refractivity contribution in [2.45, 2.75) is 72.6 Å². The van der Waals surface area contributed by atoms with Gasteiger partial charge in [0.25, 0.3) is 0 Å². The highest BCUT2D eigenvalue weighted by Gasteiger charge is 2.49. The van der Waals surface area contributed by atoms with E-state index in [4.69, 9.17) is 0 Å². The summed E-state index contributed by atoms with van der Waals surface area (Å²) in [5, 5.41) is 3.71. The third kappa shape index (κ3) is 3.42. The molecule has 0 aromatic heterocycles. The molecule has 1 fully saturated rings. The number of allylic oxidation sites excluding steroid dienone is 1. The van der Waals surface area contributed by atoms with Gasteiger partial charge in [0.2, 0.25) is 0 Å². The van der Waals surface area contributed by atoms with Gasteiger partial charge in [-0.3, -0.25) is 0 Å². The van der Waals surface area contributed by atoms with Gasteiger partial charge >= 0.3 is 0 Å². The Balaban J connectivity index is 2.01. The first-order chi connectivity index (χ1) is 8.98. The molecule has 1 nitrogen and oxygen atoms in total. The van der Waals surface area contributed by atoms with E-state index in [1.54, 1.807) is 5.57 Å². The van der Waals surface area contributed by atoms with Crippen LogP contribution in [0.2, 0.25) is 0 Å². The van der Waals surface area contributed by atoms with Crippen LogP contribution in [-0.2, 0) is 0 Å². The van der Waals surface area contributed by atoms with Crippen molar-refractivity contribution >= 4 is 0 Å². The minimum absolute atomic E-state index is 0.490. The van der Waals surface area contributed by atoms with E-state index in [1.807, 2.05) is 0 Å². The number of nitrogens with one attached hydrogen (secondary N) is 1. The third-order valence-electron chi connectivity index (χ3n) is 5.36. The summed E-state index contributed by atoms with van der Waals surface area (Å²) in [5.74, 6) is 0.916. The van der Waals surface area contributed by atoms with E-state index in [2.05, 4.69) is 39.1 Å². The van der Waals surface area contributed by atoms with Crippen LogP contribution in [0, 0.1) is 16.7 Å². The predicted molar refractivity (Wildman–Crippen MR) is 84.3 cm³/mol. The average molecular weight is 263 g/mol. The fourth-order valence-corrected chi connectivity index (χ4v) is 3.84. The first-order valence-corrected chi connectivity index (χ1v) is 8.38. The summed E-state index contributed by atoms with van der Waals surface area (Å²) in [7, 11) is 0. The molecule has 19 heavy (non-hydrogen) atoms. The van der Waals surface area contributed by atoms with Crippen LogP contribution >= 0.6 is 0 Å². The third-order valence-corrected chi connectivity index (χ3v) is 5.36. The van der Waals surface area contributed by atoms with Gasteiger partial charge in [-0.25, -0.2) is 0 Å². The van der Waals surface area contributed by atoms with Crippen LogP contribution in [-0.4, -0.2) is 13.1 Å². The highest BCUT2D eigenvalue weighted by atomic mass is 14.9. The summed E-state index contributed by atoms with van der Waals surface area (Å²) in [4.78, 5) is 0. The normalized spacial score (nSPS) is 31.8. The Kier molecular flexibility index (Phi) is 4.76. The van der Waals surface area contributed by atoms with Crippen LogP contribution in [0.25, 0.3) is 0 Å². The Morgan fingerprint density at radius 2 is 2.00 bits per heavy atom. The Morgan fingerprint density at radius 1 is 1.26 bits per heavy atom. The minimum atomic E-state index is 0.490. The second-order valence-electron chi connectivity index (χ2n) is 7.90. The molecule has 0 spiro atoms. The van der Waals surface area contributed by atoms with E-state index < -0.39 is 0 Å². The maximum atomic E-state index is 3.71. The van der Waals surface area contributed by atoms with Gasteiger partial charge in [-0.1, -0.05) is 39.3 Å². The molecule has 1 heteroatoms. The Morgan fingerprint density at radius 3 is 2.53 bits per heavy atom. The number of hydrogen-bond donors (Lipinski definition) is 1. The number of hydrogen-bond acceptors (Lipinski definition) is 1. The molecule has 0 unspecified atom stereocenters. The van der Waals surface area contributed by atoms with Crippen LogP contribution in [0.15, 0.2) is 11.6 Å². The van der Waals surface area contributed by atoms with Gasteiger partial charge in [-0.05, 0) is 62.8 Å². The van der Waals surface area contributed by atoms with Gasteiger partial charge in [0.15, 0.2) is 0 Å². The Hall–Kier alpha value is -0.300. The van der Waals surface area contributed by atoms with Crippen LogP contribution < -0.4 is 5.32 Å². The molecule has 0 aromatic rings. The minimum Gasteiger partial charge on any atom is -0.316 e. The largest absolute Gasteiger partial charge is 0.316 e. The summed E-state index contributed by atoms with van der Waals surface area (Å²) >= 11 is 0. The van der Waals surface area contributed by atoms with Crippen LogP contribution in [0.4, 0.5) is 0 Å². The molecule has 2 aliphatic carbocycles. The molecule has 0 amide bonds. The zero-order valence-electron chi connectivity index (χ0n) is 13.5. The van der Waals surface area contributed by atoms with E-state index in [0.29, 0.717) is 10.8 Å². The maximum Gasteiger partial charge on any atom is 0.00454 e. The van der Waals surface area contributed by atoms with Crippen molar-refractivity contribution in [1.29, 1.82) is 0 Å². The van der Waals surface area contributed by atoms with Crippen molar-refractivity contribution in [2.24, 2.45) is 16.7 Å². The van der Waals surface area contributed by atoms with Crippen LogP contribution in [0.5, 0.6) is 0 Å². The molecule has 0 aliphatic heterocycles. The van der Waals surface area contributed by atoms with Gasteiger partial charge in [0.1, 0.15) is 0 Å². The predicted octanol–water partition coefficient (Wildman–Crippen LogP) is 4.93. The molecule has 2 aliphatic rings. The summed E-state index contributed by atoms with van der Waals surface area (Å²) in [6, 6.07) is 0. The van der Waals surface area contributed by atoms with Gasteiger partial charge in [0.05, 0.1) is 0 Å². The fourth-order valence-electron chi connectivity index (χ4n) is 3.84. The summed E-state index contributed by atoms with van der Waals surface area (Å²) in [6.07, 6.45) is 12.2. The molecule has 0 aromatic carbocycles. The SMILES string of the molecule is CCCNCC1(C2=CCCCC2)CC(C(C)(C)C)C1. The molecule has 2 rings (SSSR count). The highest BCUT2D eigenvalue weighted by Crippen LogP contribution is 2.57. The van der Waals surface area contributed by atoms with E-state index in [1.165, 1.54) is 58.0 Å². The van der Waals surface area contributed by atoms with Crippen molar-refractivity contribution in [3.05, 3.63) is 11.6 Å². The van der Waals surface area contributed by atoms with Gasteiger partial charge in [-0.15, -0.1) is 0 Å². The first kappa shape index (κ1) is 15.1. The van der Waals surface area contributed by atoms with Crippen molar-refractivity contribution in [1.82, 2.24) is 5.32 Å². The van der Waals surface area contributed by atoms with Crippen molar-refractivity contribution < 1.29 is 0 Å². The molecule has 0 radical (unpaired) electrons. The molecule has 0 bridgehead atoms. The quantitative estimate of drug-likeness (QED) is 0.548. The van der Waals surface area contributed by atoms with E-state index in [-0.39, 0.29) is 0 Å². The maximum absolute atomic E-state index is 3.71. The highest BCUT2D eigenvalue weighted by molar-refractivity contribution is 5.23. The number of rotatable bonds is 5. The molecule has 1 N–H and O–H groups in total. The van der Waals surface area contributed by atoms with Crippen molar-refractivity contribution in [3.63, 3.8) is 0 Å². The zero-order chi connectivity index (χ0) is 13.9. The standard InChI is InChI=1S/C18H33N/c1-5-11-19-14-18(15-9-7-6-8-10-15)12-16(13-18)17(2,3)4/h9,16,19H,5-8,10-14H2,1-4H3. The lowest BCUT2D eigenvalue weighted by atomic mass is 9.51. The van der Waals surface area contributed by atoms with Crippen LogP contribution in [0.1, 0.15) is 72.6 Å². The molecule has 0 atom stereocenters. The van der Waals surface area contributed by atoms with E-state index in [9.17, 15) is 0 Å². The smallest absolute Gasteiger partial charge is 0.00454 e. The molecule has 0 heterocycles. The lowest BCUT2D eigenvalue weighted by Crippen LogP contribution is -2.50.